The lowest BCUT2D eigenvalue weighted by Crippen LogP contribution is -2.60. The van der Waals surface area contributed by atoms with Crippen molar-refractivity contribution >= 4 is 21.9 Å². The van der Waals surface area contributed by atoms with Gasteiger partial charge in [0.25, 0.3) is 0 Å². The van der Waals surface area contributed by atoms with Crippen molar-refractivity contribution in [2.45, 2.75) is 30.7 Å². The predicted molar refractivity (Wildman–Crippen MR) is 88.3 cm³/mol. The molecule has 0 amide bonds. The summed E-state index contributed by atoms with van der Waals surface area (Å²) in [4.78, 5) is 11.6. The molecule has 0 saturated carbocycles. The molecule has 0 spiro atoms. The molecule has 2 aromatic heterocycles. The fraction of sp³-hybridized carbons (Fsp3) is 0.353. The number of aliphatic hydroxyl groups excluding tert-OH is 4. The van der Waals surface area contributed by atoms with Gasteiger partial charge < -0.3 is 43.8 Å². The average Bonchev–Trinajstić information content (AvgIpc) is 3.15. The van der Waals surface area contributed by atoms with Gasteiger partial charge in [-0.05, 0) is 12.1 Å². The van der Waals surface area contributed by atoms with Crippen LogP contribution in [-0.2, 0) is 4.74 Å². The van der Waals surface area contributed by atoms with Crippen molar-refractivity contribution in [1.29, 1.82) is 0 Å². The third-order valence-electron chi connectivity index (χ3n) is 4.50. The van der Waals surface area contributed by atoms with Crippen LogP contribution in [0, 0.1) is 0 Å². The first-order valence-electron chi connectivity index (χ1n) is 8.05. The Labute approximate surface area is 150 Å². The maximum absolute atomic E-state index is 11.6. The molecular formula is C17H16O10. The lowest BCUT2D eigenvalue weighted by atomic mass is 9.99. The molecule has 1 aliphatic rings. The van der Waals surface area contributed by atoms with Gasteiger partial charge in [0.15, 0.2) is 16.9 Å². The fourth-order valence-electron chi connectivity index (χ4n) is 3.10. The highest BCUT2D eigenvalue weighted by molar-refractivity contribution is 6.08. The normalized spacial score (nSPS) is 28.7. The highest BCUT2D eigenvalue weighted by atomic mass is 16.7. The second kappa shape index (κ2) is 6.51. The van der Waals surface area contributed by atoms with Crippen LogP contribution in [0.2, 0.25) is 0 Å². The third kappa shape index (κ3) is 2.74. The first kappa shape index (κ1) is 17.8. The van der Waals surface area contributed by atoms with Crippen LogP contribution in [0.3, 0.4) is 0 Å². The number of aromatic hydroxyl groups is 1. The average molecular weight is 380 g/mol. The van der Waals surface area contributed by atoms with Crippen molar-refractivity contribution in [3.63, 3.8) is 0 Å². The molecule has 0 radical (unpaired) electrons. The molecule has 3 aromatic rings. The summed E-state index contributed by atoms with van der Waals surface area (Å²) < 4.78 is 21.2. The highest BCUT2D eigenvalue weighted by Crippen LogP contribution is 2.44. The molecule has 1 aliphatic heterocycles. The summed E-state index contributed by atoms with van der Waals surface area (Å²) in [6.07, 6.45) is -6.32. The van der Waals surface area contributed by atoms with Crippen LogP contribution in [0.15, 0.2) is 38.1 Å². The largest absolute Gasteiger partial charge is 0.502 e. The Kier molecular flexibility index (Phi) is 4.29. The SMILES string of the molecule is O=c1ccc2c(O[C@@H]3O[C@@H](CO)[C@@H](O)[C@H](O)[C@@H]3O)c(O)c3occc3c2o1. The zero-order chi connectivity index (χ0) is 19.3. The van der Waals surface area contributed by atoms with E-state index in [2.05, 4.69) is 0 Å². The predicted octanol–water partition coefficient (Wildman–Crippen LogP) is -0.577. The minimum Gasteiger partial charge on any atom is -0.502 e. The Balaban J connectivity index is 1.83. The Hall–Kier alpha value is -2.63. The third-order valence-corrected chi connectivity index (χ3v) is 4.50. The summed E-state index contributed by atoms with van der Waals surface area (Å²) in [5, 5.41) is 50.2. The van der Waals surface area contributed by atoms with Gasteiger partial charge in [-0.15, -0.1) is 0 Å². The van der Waals surface area contributed by atoms with E-state index in [-0.39, 0.29) is 22.3 Å². The summed E-state index contributed by atoms with van der Waals surface area (Å²) in [7, 11) is 0. The standard InChI is InChI=1S/C17H16O10/c18-5-8-10(20)11(21)12(22)17(25-8)27-16-6-1-2-9(19)26-14(6)7-3-4-24-15(7)13(16)23/h1-4,8,10-12,17-18,20-23H,5H2/t8-,10+,11-,12-,17-/m0/s1. The molecule has 1 saturated heterocycles. The molecule has 0 bridgehead atoms. The second-order valence-corrected chi connectivity index (χ2v) is 6.15. The molecule has 0 aliphatic carbocycles. The van der Waals surface area contributed by atoms with Crippen molar-refractivity contribution in [2.24, 2.45) is 0 Å². The van der Waals surface area contributed by atoms with Gasteiger partial charge >= 0.3 is 5.63 Å². The number of fused-ring (bicyclic) bond motifs is 3. The molecule has 0 unspecified atom stereocenters. The van der Waals surface area contributed by atoms with Gasteiger partial charge in [0.1, 0.15) is 24.4 Å². The van der Waals surface area contributed by atoms with Gasteiger partial charge in [0.05, 0.1) is 23.6 Å². The monoisotopic (exact) mass is 380 g/mol. The lowest BCUT2D eigenvalue weighted by molar-refractivity contribution is -0.277. The molecule has 1 fully saturated rings. The van der Waals surface area contributed by atoms with E-state index in [1.54, 1.807) is 0 Å². The van der Waals surface area contributed by atoms with Crippen molar-refractivity contribution in [3.05, 3.63) is 34.9 Å². The molecule has 1 aromatic carbocycles. The van der Waals surface area contributed by atoms with Crippen LogP contribution >= 0.6 is 0 Å². The number of aliphatic hydroxyl groups is 4. The quantitative estimate of drug-likeness (QED) is 0.372. The van der Waals surface area contributed by atoms with Crippen LogP contribution in [0.4, 0.5) is 0 Å². The van der Waals surface area contributed by atoms with Gasteiger partial charge in [0, 0.05) is 6.07 Å². The minimum atomic E-state index is -1.68. The molecule has 5 N–H and O–H groups in total. The van der Waals surface area contributed by atoms with Crippen molar-refractivity contribution in [1.82, 2.24) is 0 Å². The van der Waals surface area contributed by atoms with Crippen LogP contribution in [0.25, 0.3) is 21.9 Å². The fourth-order valence-corrected chi connectivity index (χ4v) is 3.10. The Bertz CT molecular complexity index is 1040. The van der Waals surface area contributed by atoms with Gasteiger partial charge in [-0.2, -0.15) is 0 Å². The molecule has 144 valence electrons. The van der Waals surface area contributed by atoms with E-state index in [1.165, 1.54) is 18.4 Å². The molecule has 3 heterocycles. The Morgan fingerprint density at radius 3 is 2.52 bits per heavy atom. The smallest absolute Gasteiger partial charge is 0.336 e. The van der Waals surface area contributed by atoms with E-state index in [9.17, 15) is 30.3 Å². The molecule has 10 heteroatoms. The van der Waals surface area contributed by atoms with Crippen molar-refractivity contribution in [3.8, 4) is 11.5 Å². The van der Waals surface area contributed by atoms with Gasteiger partial charge in [-0.1, -0.05) is 0 Å². The number of ether oxygens (including phenoxy) is 2. The number of benzene rings is 1. The minimum absolute atomic E-state index is 0.0172. The summed E-state index contributed by atoms with van der Waals surface area (Å²) >= 11 is 0. The molecule has 27 heavy (non-hydrogen) atoms. The van der Waals surface area contributed by atoms with Crippen molar-refractivity contribution in [2.75, 3.05) is 6.61 Å². The van der Waals surface area contributed by atoms with Crippen LogP contribution in [0.5, 0.6) is 11.5 Å². The Morgan fingerprint density at radius 2 is 1.78 bits per heavy atom. The van der Waals surface area contributed by atoms with Crippen LogP contribution in [-0.4, -0.2) is 62.8 Å². The zero-order valence-electron chi connectivity index (χ0n) is 13.7. The number of phenols is 1. The summed E-state index contributed by atoms with van der Waals surface area (Å²) in [5.41, 5.74) is -0.561. The van der Waals surface area contributed by atoms with E-state index >= 15 is 0 Å². The Morgan fingerprint density at radius 1 is 1.00 bits per heavy atom. The molecule has 5 atom stereocenters. The van der Waals surface area contributed by atoms with E-state index < -0.39 is 48.7 Å². The van der Waals surface area contributed by atoms with Crippen molar-refractivity contribution < 1.29 is 43.8 Å². The van der Waals surface area contributed by atoms with Gasteiger partial charge in [-0.3, -0.25) is 0 Å². The van der Waals surface area contributed by atoms with Gasteiger partial charge in [-0.25, -0.2) is 4.79 Å². The first-order chi connectivity index (χ1) is 12.9. The van der Waals surface area contributed by atoms with E-state index in [0.29, 0.717) is 5.39 Å². The molecular weight excluding hydrogens is 364 g/mol. The summed E-state index contributed by atoms with van der Waals surface area (Å²) in [6.45, 7) is -0.635. The van der Waals surface area contributed by atoms with E-state index in [1.807, 2.05) is 0 Å². The number of furan rings is 1. The van der Waals surface area contributed by atoms with E-state index in [0.717, 1.165) is 6.07 Å². The maximum atomic E-state index is 11.6. The highest BCUT2D eigenvalue weighted by Gasteiger charge is 2.45. The maximum Gasteiger partial charge on any atom is 0.336 e. The number of phenolic OH excluding ortho intramolecular Hbond substituents is 1. The molecule has 10 nitrogen and oxygen atoms in total. The lowest BCUT2D eigenvalue weighted by Gasteiger charge is -2.39. The molecule has 4 rings (SSSR count). The number of hydrogen-bond donors (Lipinski definition) is 5. The number of hydrogen-bond acceptors (Lipinski definition) is 10. The van der Waals surface area contributed by atoms with Gasteiger partial charge in [0.2, 0.25) is 12.0 Å². The van der Waals surface area contributed by atoms with Crippen LogP contribution in [0.1, 0.15) is 0 Å². The summed E-state index contributed by atoms with van der Waals surface area (Å²) in [6, 6.07) is 3.97. The second-order valence-electron chi connectivity index (χ2n) is 6.15. The first-order valence-corrected chi connectivity index (χ1v) is 8.05. The summed E-state index contributed by atoms with van der Waals surface area (Å²) in [5.74, 6) is -0.658. The van der Waals surface area contributed by atoms with E-state index in [4.69, 9.17) is 18.3 Å². The zero-order valence-corrected chi connectivity index (χ0v) is 13.7. The van der Waals surface area contributed by atoms with Crippen LogP contribution < -0.4 is 10.4 Å². The number of rotatable bonds is 3. The topological polar surface area (TPSA) is 163 Å².